The monoisotopic (exact) mass is 332 g/mol. The molecule has 0 fully saturated rings. The van der Waals surface area contributed by atoms with E-state index >= 15 is 0 Å². The predicted molar refractivity (Wildman–Crippen MR) is 89.1 cm³/mol. The summed E-state index contributed by atoms with van der Waals surface area (Å²) in [6.45, 7) is -2.83. The lowest BCUT2D eigenvalue weighted by molar-refractivity contribution is -0.0498. The third-order valence-corrected chi connectivity index (χ3v) is 3.64. The molecule has 23 heavy (non-hydrogen) atoms. The van der Waals surface area contributed by atoms with E-state index in [9.17, 15) is 8.78 Å². The minimum Gasteiger partial charge on any atom is -0.435 e. The Labute approximate surface area is 138 Å². The van der Waals surface area contributed by atoms with Gasteiger partial charge in [0.25, 0.3) is 0 Å². The molecule has 0 amide bonds. The van der Waals surface area contributed by atoms with Crippen LogP contribution >= 0.6 is 12.2 Å². The van der Waals surface area contributed by atoms with Gasteiger partial charge in [0, 0.05) is 5.70 Å². The molecule has 0 aliphatic carbocycles. The van der Waals surface area contributed by atoms with E-state index in [4.69, 9.17) is 12.2 Å². The molecule has 2 aromatic carbocycles. The Kier molecular flexibility index (Phi) is 4.52. The number of benzene rings is 2. The zero-order chi connectivity index (χ0) is 16.2. The smallest absolute Gasteiger partial charge is 0.387 e. The van der Waals surface area contributed by atoms with Gasteiger partial charge in [0.15, 0.2) is 5.11 Å². The largest absolute Gasteiger partial charge is 0.435 e. The van der Waals surface area contributed by atoms with Crippen LogP contribution in [0.1, 0.15) is 17.2 Å². The first-order chi connectivity index (χ1) is 11.1. The van der Waals surface area contributed by atoms with Crippen LogP contribution in [0.15, 0.2) is 60.7 Å². The summed E-state index contributed by atoms with van der Waals surface area (Å²) in [4.78, 5) is 0. The summed E-state index contributed by atoms with van der Waals surface area (Å²) in [5.74, 6) is 0.125. The molecule has 0 unspecified atom stereocenters. The van der Waals surface area contributed by atoms with E-state index in [2.05, 4.69) is 15.4 Å². The number of hydrogen-bond donors (Lipinski definition) is 2. The van der Waals surface area contributed by atoms with E-state index in [1.807, 2.05) is 36.4 Å². The molecule has 1 aliphatic rings. The van der Waals surface area contributed by atoms with Gasteiger partial charge in [-0.1, -0.05) is 30.3 Å². The van der Waals surface area contributed by atoms with Crippen molar-refractivity contribution < 1.29 is 13.5 Å². The molecular weight excluding hydrogens is 318 g/mol. The molecule has 118 valence electrons. The Bertz CT molecular complexity index is 717. The van der Waals surface area contributed by atoms with Crippen molar-refractivity contribution in [3.05, 3.63) is 71.8 Å². The van der Waals surface area contributed by atoms with Crippen LogP contribution in [-0.2, 0) is 0 Å². The van der Waals surface area contributed by atoms with Gasteiger partial charge in [0.05, 0.1) is 6.04 Å². The Morgan fingerprint density at radius 2 is 1.70 bits per heavy atom. The molecule has 6 heteroatoms. The first-order valence-corrected chi connectivity index (χ1v) is 7.42. The molecule has 0 radical (unpaired) electrons. The van der Waals surface area contributed by atoms with Gasteiger partial charge in [-0.25, -0.2) is 0 Å². The fourth-order valence-electron chi connectivity index (χ4n) is 2.37. The van der Waals surface area contributed by atoms with Gasteiger partial charge >= 0.3 is 6.61 Å². The Balaban J connectivity index is 1.85. The summed E-state index contributed by atoms with van der Waals surface area (Å²) in [6, 6.07) is 16.3. The number of thiocarbonyl (C=S) groups is 1. The van der Waals surface area contributed by atoms with Gasteiger partial charge in [-0.05, 0) is 53.7 Å². The summed E-state index contributed by atoms with van der Waals surface area (Å²) in [5.41, 5.74) is 2.76. The molecule has 3 nitrogen and oxygen atoms in total. The Hall–Kier alpha value is -2.47. The van der Waals surface area contributed by atoms with Gasteiger partial charge in [-0.15, -0.1) is 0 Å². The summed E-state index contributed by atoms with van der Waals surface area (Å²) >= 11 is 5.26. The number of alkyl halides is 2. The lowest BCUT2D eigenvalue weighted by Gasteiger charge is -2.26. The van der Waals surface area contributed by atoms with Crippen LogP contribution in [-0.4, -0.2) is 11.7 Å². The highest BCUT2D eigenvalue weighted by atomic mass is 32.1. The van der Waals surface area contributed by atoms with Crippen LogP contribution in [0.2, 0.25) is 0 Å². The van der Waals surface area contributed by atoms with Crippen LogP contribution in [0.25, 0.3) is 5.70 Å². The van der Waals surface area contributed by atoms with Gasteiger partial charge in [-0.3, -0.25) is 0 Å². The van der Waals surface area contributed by atoms with E-state index in [0.717, 1.165) is 16.8 Å². The van der Waals surface area contributed by atoms with Crippen molar-refractivity contribution in [1.29, 1.82) is 0 Å². The summed E-state index contributed by atoms with van der Waals surface area (Å²) < 4.78 is 28.7. The molecule has 0 saturated heterocycles. The maximum Gasteiger partial charge on any atom is 0.387 e. The highest BCUT2D eigenvalue weighted by Crippen LogP contribution is 2.25. The van der Waals surface area contributed by atoms with Crippen molar-refractivity contribution in [2.45, 2.75) is 12.7 Å². The zero-order valence-corrected chi connectivity index (χ0v) is 12.8. The fraction of sp³-hybridized carbons (Fsp3) is 0.118. The minimum absolute atomic E-state index is 0.0445. The van der Waals surface area contributed by atoms with E-state index < -0.39 is 6.61 Å². The molecule has 0 spiro atoms. The SMILES string of the molecule is FC(F)Oc1ccc(C2=C[C@@H](c3ccccc3)NC(=S)N2)cc1. The van der Waals surface area contributed by atoms with Crippen LogP contribution in [0.5, 0.6) is 5.75 Å². The summed E-state index contributed by atoms with van der Waals surface area (Å²) in [5, 5.41) is 6.79. The normalized spacial score (nSPS) is 17.3. The van der Waals surface area contributed by atoms with Crippen molar-refractivity contribution in [3.8, 4) is 5.75 Å². The first-order valence-electron chi connectivity index (χ1n) is 7.01. The van der Waals surface area contributed by atoms with E-state index in [1.165, 1.54) is 12.1 Å². The van der Waals surface area contributed by atoms with Crippen LogP contribution in [0, 0.1) is 0 Å². The molecular formula is C17H14F2N2OS. The second-order valence-corrected chi connectivity index (χ2v) is 5.38. The zero-order valence-electron chi connectivity index (χ0n) is 12.0. The molecule has 2 N–H and O–H groups in total. The minimum atomic E-state index is -2.83. The van der Waals surface area contributed by atoms with E-state index in [1.54, 1.807) is 12.1 Å². The standard InChI is InChI=1S/C17H14F2N2OS/c18-16(19)22-13-8-6-12(7-9-13)15-10-14(20-17(23)21-15)11-4-2-1-3-5-11/h1-10,14,16H,(H2,20,21,23)/t14-/m0/s1. The lowest BCUT2D eigenvalue weighted by Crippen LogP contribution is -2.40. The molecule has 2 aromatic rings. The predicted octanol–water partition coefficient (Wildman–Crippen LogP) is 3.85. The quantitative estimate of drug-likeness (QED) is 0.834. The highest BCUT2D eigenvalue weighted by molar-refractivity contribution is 7.80. The maximum absolute atomic E-state index is 12.2. The molecule has 1 aliphatic heterocycles. The van der Waals surface area contributed by atoms with Gasteiger partial charge in [0.1, 0.15) is 5.75 Å². The topological polar surface area (TPSA) is 33.3 Å². The fourth-order valence-corrected chi connectivity index (χ4v) is 2.61. The van der Waals surface area contributed by atoms with Crippen LogP contribution in [0.3, 0.4) is 0 Å². The molecule has 0 saturated carbocycles. The van der Waals surface area contributed by atoms with Crippen LogP contribution < -0.4 is 15.4 Å². The van der Waals surface area contributed by atoms with Crippen molar-refractivity contribution in [2.75, 3.05) is 0 Å². The van der Waals surface area contributed by atoms with Gasteiger partial charge in [0.2, 0.25) is 0 Å². The summed E-state index contributed by atoms with van der Waals surface area (Å²) in [6.07, 6.45) is 2.01. The highest BCUT2D eigenvalue weighted by Gasteiger charge is 2.18. The number of hydrogen-bond acceptors (Lipinski definition) is 2. The summed E-state index contributed by atoms with van der Waals surface area (Å²) in [7, 11) is 0. The number of rotatable bonds is 4. The third kappa shape index (κ3) is 3.84. The Morgan fingerprint density at radius 3 is 2.35 bits per heavy atom. The van der Waals surface area contributed by atoms with Crippen molar-refractivity contribution in [3.63, 3.8) is 0 Å². The average Bonchev–Trinajstić information content (AvgIpc) is 2.55. The van der Waals surface area contributed by atoms with Gasteiger partial charge in [-0.2, -0.15) is 8.78 Å². The second-order valence-electron chi connectivity index (χ2n) is 4.97. The van der Waals surface area contributed by atoms with E-state index in [-0.39, 0.29) is 11.8 Å². The van der Waals surface area contributed by atoms with Crippen molar-refractivity contribution >= 4 is 23.0 Å². The third-order valence-electron chi connectivity index (χ3n) is 3.42. The molecule has 1 atom stereocenters. The molecule has 0 bridgehead atoms. The van der Waals surface area contributed by atoms with Crippen molar-refractivity contribution in [2.24, 2.45) is 0 Å². The average molecular weight is 332 g/mol. The van der Waals surface area contributed by atoms with Crippen molar-refractivity contribution in [1.82, 2.24) is 10.6 Å². The Morgan fingerprint density at radius 1 is 1.00 bits per heavy atom. The number of nitrogens with one attached hydrogen (secondary N) is 2. The lowest BCUT2D eigenvalue weighted by atomic mass is 10.0. The molecule has 0 aromatic heterocycles. The number of ether oxygens (including phenoxy) is 1. The molecule has 3 rings (SSSR count). The van der Waals surface area contributed by atoms with Gasteiger partial charge < -0.3 is 15.4 Å². The first kappa shape index (κ1) is 15.4. The van der Waals surface area contributed by atoms with E-state index in [0.29, 0.717) is 5.11 Å². The van der Waals surface area contributed by atoms with Crippen LogP contribution in [0.4, 0.5) is 8.78 Å². The second kappa shape index (κ2) is 6.75. The maximum atomic E-state index is 12.2. The number of halogens is 2. The molecule has 1 heterocycles.